The van der Waals surface area contributed by atoms with E-state index < -0.39 is 0 Å². The van der Waals surface area contributed by atoms with Crippen molar-refractivity contribution in [2.75, 3.05) is 0 Å². The van der Waals surface area contributed by atoms with Crippen LogP contribution in [0.25, 0.3) is 11.3 Å². The largest absolute Gasteiger partial charge is 0.267 e. The van der Waals surface area contributed by atoms with Crippen LogP contribution in [-0.2, 0) is 13.0 Å². The fraction of sp³-hybridized carbons (Fsp3) is 0.357. The molecule has 4 heteroatoms. The highest BCUT2D eigenvalue weighted by Gasteiger charge is 2.49. The van der Waals surface area contributed by atoms with Crippen LogP contribution in [0, 0.1) is 11.2 Å². The number of fused-ring (bicyclic) bond motifs is 1. The molecule has 0 saturated heterocycles. The summed E-state index contributed by atoms with van der Waals surface area (Å²) in [6.07, 6.45) is 3.78. The van der Waals surface area contributed by atoms with Gasteiger partial charge in [0.1, 0.15) is 11.5 Å². The fourth-order valence-corrected chi connectivity index (χ4v) is 3.46. The molecule has 2 aliphatic rings. The van der Waals surface area contributed by atoms with E-state index in [0.29, 0.717) is 5.41 Å². The molecule has 2 aromatic rings. The predicted octanol–water partition coefficient (Wildman–Crippen LogP) is 3.79. The molecule has 0 radical (unpaired) electrons. The van der Waals surface area contributed by atoms with Gasteiger partial charge in [0.05, 0.1) is 10.2 Å². The number of halogens is 2. The number of hydrogen-bond acceptors (Lipinski definition) is 1. The van der Waals surface area contributed by atoms with Crippen molar-refractivity contribution in [2.24, 2.45) is 5.41 Å². The Kier molecular flexibility index (Phi) is 2.05. The first-order chi connectivity index (χ1) is 8.67. The molecule has 0 amide bonds. The Balaban J connectivity index is 1.77. The summed E-state index contributed by atoms with van der Waals surface area (Å²) in [6, 6.07) is 6.53. The summed E-state index contributed by atoms with van der Waals surface area (Å²) in [5.74, 6) is -0.210. The first-order valence-corrected chi connectivity index (χ1v) is 6.97. The minimum atomic E-state index is -0.210. The van der Waals surface area contributed by atoms with Crippen LogP contribution in [0.4, 0.5) is 4.39 Å². The Morgan fingerprint density at radius 1 is 1.22 bits per heavy atom. The van der Waals surface area contributed by atoms with Gasteiger partial charge in [0.15, 0.2) is 0 Å². The van der Waals surface area contributed by atoms with Crippen LogP contribution in [0.1, 0.15) is 18.5 Å². The van der Waals surface area contributed by atoms with E-state index in [2.05, 4.69) is 25.7 Å². The first kappa shape index (κ1) is 10.7. The molecule has 0 N–H and O–H groups in total. The second kappa shape index (κ2) is 3.44. The Morgan fingerprint density at radius 3 is 2.56 bits per heavy atom. The van der Waals surface area contributed by atoms with Crippen molar-refractivity contribution in [3.05, 3.63) is 40.2 Å². The van der Waals surface area contributed by atoms with Gasteiger partial charge in [-0.3, -0.25) is 4.68 Å². The smallest absolute Gasteiger partial charge is 0.123 e. The van der Waals surface area contributed by atoms with Gasteiger partial charge >= 0.3 is 0 Å². The van der Waals surface area contributed by atoms with Gasteiger partial charge in [-0.2, -0.15) is 5.10 Å². The predicted molar refractivity (Wildman–Crippen MR) is 70.7 cm³/mol. The Bertz CT molecular complexity index is 626. The van der Waals surface area contributed by atoms with Gasteiger partial charge in [-0.05, 0) is 64.9 Å². The van der Waals surface area contributed by atoms with E-state index in [0.717, 1.165) is 28.7 Å². The maximum atomic E-state index is 12.9. The molecule has 1 aliphatic carbocycles. The summed E-state index contributed by atoms with van der Waals surface area (Å²) in [4.78, 5) is 0. The fourth-order valence-electron chi connectivity index (χ4n) is 2.81. The SMILES string of the molecule is Fc1ccc(-c2nn3c(c2Br)CC2(CC2)C3)cc1. The molecule has 1 aromatic heterocycles. The zero-order valence-electron chi connectivity index (χ0n) is 9.79. The third-order valence-electron chi connectivity index (χ3n) is 4.10. The quantitative estimate of drug-likeness (QED) is 0.784. The van der Waals surface area contributed by atoms with Crippen molar-refractivity contribution < 1.29 is 4.39 Å². The van der Waals surface area contributed by atoms with Crippen molar-refractivity contribution in [1.29, 1.82) is 0 Å². The zero-order chi connectivity index (χ0) is 12.3. The van der Waals surface area contributed by atoms with Gasteiger partial charge in [0.25, 0.3) is 0 Å². The average molecular weight is 307 g/mol. The Labute approximate surface area is 113 Å². The van der Waals surface area contributed by atoms with Crippen LogP contribution >= 0.6 is 15.9 Å². The summed E-state index contributed by atoms with van der Waals surface area (Å²) in [5.41, 5.74) is 3.72. The van der Waals surface area contributed by atoms with Crippen LogP contribution in [0.2, 0.25) is 0 Å². The Morgan fingerprint density at radius 2 is 1.94 bits per heavy atom. The van der Waals surface area contributed by atoms with E-state index in [1.807, 2.05) is 0 Å². The van der Waals surface area contributed by atoms with Crippen LogP contribution in [0.15, 0.2) is 28.7 Å². The van der Waals surface area contributed by atoms with E-state index in [1.165, 1.54) is 30.7 Å². The Hall–Kier alpha value is -1.16. The standard InChI is InChI=1S/C14H12BrFN2/c15-12-11-7-14(5-6-14)8-18(11)17-13(12)9-1-3-10(16)4-2-9/h1-4H,5-8H2. The van der Waals surface area contributed by atoms with E-state index >= 15 is 0 Å². The summed E-state index contributed by atoms with van der Waals surface area (Å²) >= 11 is 3.66. The lowest BCUT2D eigenvalue weighted by molar-refractivity contribution is 0.472. The first-order valence-electron chi connectivity index (χ1n) is 6.18. The van der Waals surface area contributed by atoms with Crippen LogP contribution < -0.4 is 0 Å². The van der Waals surface area contributed by atoms with Crippen LogP contribution in [0.3, 0.4) is 0 Å². The molecule has 2 nitrogen and oxygen atoms in total. The molecule has 18 heavy (non-hydrogen) atoms. The molecule has 2 heterocycles. The molecule has 4 rings (SSSR count). The number of benzene rings is 1. The van der Waals surface area contributed by atoms with Gasteiger partial charge in [-0.1, -0.05) is 0 Å². The maximum Gasteiger partial charge on any atom is 0.123 e. The second-order valence-electron chi connectivity index (χ2n) is 5.45. The highest BCUT2D eigenvalue weighted by atomic mass is 79.9. The van der Waals surface area contributed by atoms with E-state index in [9.17, 15) is 4.39 Å². The molecule has 1 aliphatic heterocycles. The average Bonchev–Trinajstić information content (AvgIpc) is 2.91. The molecule has 1 fully saturated rings. The molecule has 1 aromatic carbocycles. The third-order valence-corrected chi connectivity index (χ3v) is 4.93. The van der Waals surface area contributed by atoms with Crippen molar-refractivity contribution in [2.45, 2.75) is 25.8 Å². The van der Waals surface area contributed by atoms with E-state index in [-0.39, 0.29) is 5.82 Å². The van der Waals surface area contributed by atoms with Crippen LogP contribution in [-0.4, -0.2) is 9.78 Å². The van der Waals surface area contributed by atoms with Crippen LogP contribution in [0.5, 0.6) is 0 Å². The topological polar surface area (TPSA) is 17.8 Å². The maximum absolute atomic E-state index is 12.9. The molecular weight excluding hydrogens is 295 g/mol. The van der Waals surface area contributed by atoms with Gasteiger partial charge < -0.3 is 0 Å². The summed E-state index contributed by atoms with van der Waals surface area (Å²) in [6.45, 7) is 1.04. The lowest BCUT2D eigenvalue weighted by atomic mass is 10.0. The number of aromatic nitrogens is 2. The normalized spacial score (nSPS) is 19.2. The van der Waals surface area contributed by atoms with Gasteiger partial charge in [0, 0.05) is 12.1 Å². The van der Waals surface area contributed by atoms with Gasteiger partial charge in [-0.25, -0.2) is 4.39 Å². The highest BCUT2D eigenvalue weighted by molar-refractivity contribution is 9.10. The third kappa shape index (κ3) is 1.48. The zero-order valence-corrected chi connectivity index (χ0v) is 11.4. The molecular formula is C14H12BrFN2. The number of nitrogens with zero attached hydrogens (tertiary/aromatic N) is 2. The molecule has 1 spiro atoms. The lowest BCUT2D eigenvalue weighted by Crippen LogP contribution is -2.03. The van der Waals surface area contributed by atoms with Crippen molar-refractivity contribution in [1.82, 2.24) is 9.78 Å². The van der Waals surface area contributed by atoms with Gasteiger partial charge in [-0.15, -0.1) is 0 Å². The summed E-state index contributed by atoms with van der Waals surface area (Å²) in [7, 11) is 0. The number of rotatable bonds is 1. The van der Waals surface area contributed by atoms with Crippen molar-refractivity contribution in [3.8, 4) is 11.3 Å². The van der Waals surface area contributed by atoms with Crippen molar-refractivity contribution in [3.63, 3.8) is 0 Å². The minimum absolute atomic E-state index is 0.210. The summed E-state index contributed by atoms with van der Waals surface area (Å²) < 4.78 is 16.1. The summed E-state index contributed by atoms with van der Waals surface area (Å²) in [5, 5.41) is 4.67. The lowest BCUT2D eigenvalue weighted by Gasteiger charge is -2.03. The molecule has 92 valence electrons. The second-order valence-corrected chi connectivity index (χ2v) is 6.24. The monoisotopic (exact) mass is 306 g/mol. The van der Waals surface area contributed by atoms with Gasteiger partial charge in [0.2, 0.25) is 0 Å². The number of hydrogen-bond donors (Lipinski definition) is 0. The molecule has 0 bridgehead atoms. The molecule has 0 unspecified atom stereocenters. The minimum Gasteiger partial charge on any atom is -0.267 e. The molecule has 0 atom stereocenters. The van der Waals surface area contributed by atoms with Crippen molar-refractivity contribution >= 4 is 15.9 Å². The highest BCUT2D eigenvalue weighted by Crippen LogP contribution is 2.55. The molecule has 1 saturated carbocycles. The van der Waals surface area contributed by atoms with E-state index in [1.54, 1.807) is 12.1 Å². The van der Waals surface area contributed by atoms with E-state index in [4.69, 9.17) is 0 Å².